The van der Waals surface area contributed by atoms with Crippen LogP contribution in [0.25, 0.3) is 27.9 Å². The lowest BCUT2D eigenvalue weighted by Gasteiger charge is -2.10. The Balaban J connectivity index is 1.47. The number of nitrogens with zero attached hydrogens (tertiary/aromatic N) is 4. The summed E-state index contributed by atoms with van der Waals surface area (Å²) in [7, 11) is 0. The van der Waals surface area contributed by atoms with Crippen LogP contribution >= 0.6 is 0 Å². The first-order chi connectivity index (χ1) is 14.2. The van der Waals surface area contributed by atoms with Gasteiger partial charge < -0.3 is 5.32 Å². The molecule has 0 aliphatic heterocycles. The highest BCUT2D eigenvalue weighted by atomic mass is 16.1. The molecule has 0 saturated carbocycles. The number of para-hydroxylation sites is 1. The zero-order chi connectivity index (χ0) is 19.8. The number of aryl methyl sites for hydroxylation is 1. The number of anilines is 1. The smallest absolute Gasteiger partial charge is 0.274 e. The molecule has 29 heavy (non-hydrogen) atoms. The van der Waals surface area contributed by atoms with E-state index in [1.807, 2.05) is 78.3 Å². The van der Waals surface area contributed by atoms with Gasteiger partial charge in [0.05, 0.1) is 11.2 Å². The average Bonchev–Trinajstić information content (AvgIpc) is 3.19. The number of rotatable bonds is 3. The Morgan fingerprint density at radius 2 is 1.90 bits per heavy atom. The lowest BCUT2D eigenvalue weighted by atomic mass is 10.1. The minimum atomic E-state index is -0.243. The summed E-state index contributed by atoms with van der Waals surface area (Å²) in [5, 5.41) is 3.99. The quantitative estimate of drug-likeness (QED) is 0.501. The standard InChI is InChI=1S/C23H17N5O/c1-15-7-8-17(21-14-28-12-4-11-24-23(28)27-21)13-20(15)26-22(29)19-10-9-16-5-2-3-6-18(16)25-19/h2-14H,1H3,(H,26,29). The number of amides is 1. The van der Waals surface area contributed by atoms with Crippen molar-refractivity contribution < 1.29 is 4.79 Å². The topological polar surface area (TPSA) is 72.2 Å². The summed E-state index contributed by atoms with van der Waals surface area (Å²) in [6, 6.07) is 19.1. The predicted octanol–water partition coefficient (Wildman–Crippen LogP) is 4.51. The molecule has 5 rings (SSSR count). The van der Waals surface area contributed by atoms with Gasteiger partial charge in [0.2, 0.25) is 5.78 Å². The molecule has 0 atom stereocenters. The third-order valence-electron chi connectivity index (χ3n) is 4.85. The van der Waals surface area contributed by atoms with Gasteiger partial charge in [0.1, 0.15) is 5.69 Å². The number of pyridine rings is 1. The number of carbonyl (C=O) groups is 1. The van der Waals surface area contributed by atoms with Gasteiger partial charge in [-0.05, 0) is 36.8 Å². The highest BCUT2D eigenvalue weighted by Crippen LogP contribution is 2.25. The average molecular weight is 379 g/mol. The molecule has 3 heterocycles. The molecule has 0 saturated heterocycles. The van der Waals surface area contributed by atoms with Crippen LogP contribution in [0, 0.1) is 6.92 Å². The highest BCUT2D eigenvalue weighted by Gasteiger charge is 2.12. The zero-order valence-corrected chi connectivity index (χ0v) is 15.7. The molecular formula is C23H17N5O. The van der Waals surface area contributed by atoms with Gasteiger partial charge in [-0.1, -0.05) is 36.4 Å². The molecule has 2 aromatic carbocycles. The molecule has 0 aliphatic rings. The van der Waals surface area contributed by atoms with Gasteiger partial charge in [-0.15, -0.1) is 0 Å². The van der Waals surface area contributed by atoms with E-state index in [9.17, 15) is 4.79 Å². The Kier molecular flexibility index (Phi) is 4.02. The fourth-order valence-electron chi connectivity index (χ4n) is 3.26. The molecule has 6 heteroatoms. The summed E-state index contributed by atoms with van der Waals surface area (Å²) in [4.78, 5) is 26.1. The van der Waals surface area contributed by atoms with Crippen molar-refractivity contribution in [1.29, 1.82) is 0 Å². The van der Waals surface area contributed by atoms with Gasteiger partial charge in [0, 0.05) is 35.2 Å². The first-order valence-electron chi connectivity index (χ1n) is 9.25. The Labute approximate surface area is 166 Å². The molecule has 1 N–H and O–H groups in total. The number of hydrogen-bond donors (Lipinski definition) is 1. The molecule has 140 valence electrons. The third-order valence-corrected chi connectivity index (χ3v) is 4.85. The van der Waals surface area contributed by atoms with Crippen LogP contribution in [0.15, 0.2) is 79.3 Å². The Morgan fingerprint density at radius 3 is 2.79 bits per heavy atom. The van der Waals surface area contributed by atoms with Gasteiger partial charge in [0.25, 0.3) is 5.91 Å². The van der Waals surface area contributed by atoms with E-state index in [4.69, 9.17) is 0 Å². The van der Waals surface area contributed by atoms with E-state index < -0.39 is 0 Å². The van der Waals surface area contributed by atoms with E-state index in [2.05, 4.69) is 20.3 Å². The Morgan fingerprint density at radius 1 is 1.00 bits per heavy atom. The van der Waals surface area contributed by atoms with Crippen LogP contribution in [-0.4, -0.2) is 25.3 Å². The fraction of sp³-hybridized carbons (Fsp3) is 0.0435. The van der Waals surface area contributed by atoms with Crippen molar-refractivity contribution in [3.8, 4) is 11.3 Å². The van der Waals surface area contributed by atoms with E-state index >= 15 is 0 Å². The fourth-order valence-corrected chi connectivity index (χ4v) is 3.26. The minimum absolute atomic E-state index is 0.243. The second-order valence-corrected chi connectivity index (χ2v) is 6.83. The molecule has 0 unspecified atom stereocenters. The third kappa shape index (κ3) is 3.21. The van der Waals surface area contributed by atoms with E-state index in [0.717, 1.165) is 33.4 Å². The zero-order valence-electron chi connectivity index (χ0n) is 15.7. The number of benzene rings is 2. The molecule has 0 aliphatic carbocycles. The van der Waals surface area contributed by atoms with Crippen molar-refractivity contribution in [2.75, 3.05) is 5.32 Å². The number of fused-ring (bicyclic) bond motifs is 2. The van der Waals surface area contributed by atoms with E-state index in [0.29, 0.717) is 11.5 Å². The number of imidazole rings is 1. The van der Waals surface area contributed by atoms with Gasteiger partial charge in [-0.25, -0.2) is 15.0 Å². The van der Waals surface area contributed by atoms with Crippen LogP contribution in [0.3, 0.4) is 0 Å². The normalized spacial score (nSPS) is 11.1. The summed E-state index contributed by atoms with van der Waals surface area (Å²) in [5.41, 5.74) is 4.57. The molecule has 0 spiro atoms. The molecule has 3 aromatic heterocycles. The van der Waals surface area contributed by atoms with Crippen LogP contribution in [0.4, 0.5) is 5.69 Å². The lowest BCUT2D eigenvalue weighted by molar-refractivity contribution is 0.102. The molecule has 1 amide bonds. The van der Waals surface area contributed by atoms with Crippen molar-refractivity contribution in [2.24, 2.45) is 0 Å². The lowest BCUT2D eigenvalue weighted by Crippen LogP contribution is -2.14. The van der Waals surface area contributed by atoms with Crippen molar-refractivity contribution in [3.05, 3.63) is 90.5 Å². The Hall–Kier alpha value is -4.06. The van der Waals surface area contributed by atoms with Gasteiger partial charge >= 0.3 is 0 Å². The van der Waals surface area contributed by atoms with Crippen molar-refractivity contribution in [3.63, 3.8) is 0 Å². The minimum Gasteiger partial charge on any atom is -0.320 e. The maximum absolute atomic E-state index is 12.8. The summed E-state index contributed by atoms with van der Waals surface area (Å²) in [6.45, 7) is 1.96. The maximum atomic E-state index is 12.8. The summed E-state index contributed by atoms with van der Waals surface area (Å²) in [5.74, 6) is 0.390. The van der Waals surface area contributed by atoms with E-state index in [1.165, 1.54) is 0 Å². The molecule has 5 aromatic rings. The first kappa shape index (κ1) is 17.1. The number of carbonyl (C=O) groups excluding carboxylic acids is 1. The number of aromatic nitrogens is 4. The molecular weight excluding hydrogens is 362 g/mol. The molecule has 0 radical (unpaired) electrons. The molecule has 0 bridgehead atoms. The second kappa shape index (κ2) is 6.83. The molecule has 0 fully saturated rings. The van der Waals surface area contributed by atoms with Gasteiger partial charge in [0.15, 0.2) is 0 Å². The summed E-state index contributed by atoms with van der Waals surface area (Å²) < 4.78 is 1.87. The van der Waals surface area contributed by atoms with Crippen molar-refractivity contribution in [1.82, 2.24) is 19.4 Å². The maximum Gasteiger partial charge on any atom is 0.274 e. The van der Waals surface area contributed by atoms with E-state index in [-0.39, 0.29) is 5.91 Å². The van der Waals surface area contributed by atoms with Gasteiger partial charge in [-0.2, -0.15) is 0 Å². The van der Waals surface area contributed by atoms with Crippen LogP contribution in [0.5, 0.6) is 0 Å². The monoisotopic (exact) mass is 379 g/mol. The predicted molar refractivity (Wildman–Crippen MR) is 113 cm³/mol. The highest BCUT2D eigenvalue weighted by molar-refractivity contribution is 6.04. The van der Waals surface area contributed by atoms with Crippen LogP contribution in [-0.2, 0) is 0 Å². The van der Waals surface area contributed by atoms with Crippen molar-refractivity contribution in [2.45, 2.75) is 6.92 Å². The SMILES string of the molecule is Cc1ccc(-c2cn3cccnc3n2)cc1NC(=O)c1ccc2ccccc2n1. The van der Waals surface area contributed by atoms with Crippen molar-refractivity contribution >= 4 is 28.3 Å². The van der Waals surface area contributed by atoms with Crippen LogP contribution in [0.2, 0.25) is 0 Å². The largest absolute Gasteiger partial charge is 0.320 e. The number of hydrogen-bond acceptors (Lipinski definition) is 4. The van der Waals surface area contributed by atoms with Gasteiger partial charge in [-0.3, -0.25) is 9.20 Å². The summed E-state index contributed by atoms with van der Waals surface area (Å²) >= 11 is 0. The number of nitrogens with one attached hydrogen (secondary N) is 1. The van der Waals surface area contributed by atoms with E-state index in [1.54, 1.807) is 12.3 Å². The first-order valence-corrected chi connectivity index (χ1v) is 9.25. The van der Waals surface area contributed by atoms with Crippen LogP contribution < -0.4 is 5.32 Å². The molecule has 6 nitrogen and oxygen atoms in total. The Bertz CT molecular complexity index is 1340. The summed E-state index contributed by atoms with van der Waals surface area (Å²) in [6.07, 6.45) is 5.54. The second-order valence-electron chi connectivity index (χ2n) is 6.83. The van der Waals surface area contributed by atoms with Crippen LogP contribution in [0.1, 0.15) is 16.1 Å².